The first-order chi connectivity index (χ1) is 7.89. The maximum Gasteiger partial charge on any atom is 0.302 e. The lowest BCUT2D eigenvalue weighted by molar-refractivity contribution is -0.133. The normalized spacial score (nSPS) is 18.6. The van der Waals surface area contributed by atoms with E-state index in [0.29, 0.717) is 0 Å². The fourth-order valence-electron chi connectivity index (χ4n) is 1.12. The first-order valence-corrected chi connectivity index (χ1v) is 6.68. The molecule has 18 heavy (non-hydrogen) atoms. The number of carbonyl (C=O) groups is 2. The van der Waals surface area contributed by atoms with Crippen LogP contribution < -0.4 is 0 Å². The lowest BCUT2D eigenvalue weighted by Gasteiger charge is -2.14. The Labute approximate surface area is 99.3 Å². The van der Waals surface area contributed by atoms with Crippen LogP contribution in [0.25, 0.3) is 0 Å². The number of aliphatic hydroxyl groups excluding tert-OH is 2. The van der Waals surface area contributed by atoms with Crippen LogP contribution in [0.2, 0.25) is 0 Å². The Kier molecular flexibility index (Phi) is 3.08. The maximum atomic E-state index is 11.1. The van der Waals surface area contributed by atoms with Gasteiger partial charge in [-0.2, -0.15) is 16.8 Å². The Morgan fingerprint density at radius 1 is 0.667 bits per heavy atom. The van der Waals surface area contributed by atoms with Crippen molar-refractivity contribution in [2.75, 3.05) is 0 Å². The van der Waals surface area contributed by atoms with Gasteiger partial charge in [0.05, 0.1) is 0 Å². The molecule has 4 N–H and O–H groups in total. The topological polar surface area (TPSA) is 183 Å². The van der Waals surface area contributed by atoms with E-state index in [1.54, 1.807) is 0 Å². The lowest BCUT2D eigenvalue weighted by Crippen LogP contribution is -2.31. The van der Waals surface area contributed by atoms with Gasteiger partial charge < -0.3 is 10.2 Å². The molecule has 100 valence electrons. The van der Waals surface area contributed by atoms with Gasteiger partial charge in [0, 0.05) is 0 Å². The Hall–Kier alpha value is -1.76. The number of ketones is 2. The number of Topliss-reactive ketones (excluding diaryl/α,β-unsaturated/α-hetero) is 2. The zero-order chi connectivity index (χ0) is 14.5. The summed E-state index contributed by atoms with van der Waals surface area (Å²) in [5.74, 6) is -7.86. The van der Waals surface area contributed by atoms with Gasteiger partial charge in [-0.25, -0.2) is 0 Å². The average molecular weight is 300 g/mol. The largest absolute Gasteiger partial charge is 0.505 e. The first-order valence-electron chi connectivity index (χ1n) is 3.80. The molecule has 0 fully saturated rings. The summed E-state index contributed by atoms with van der Waals surface area (Å²) in [7, 11) is -10.8. The third-order valence-electron chi connectivity index (χ3n) is 1.79. The minimum atomic E-state index is -5.44. The van der Waals surface area contributed by atoms with Gasteiger partial charge >= 0.3 is 20.2 Å². The molecule has 0 saturated carbocycles. The first kappa shape index (κ1) is 14.3. The average Bonchev–Trinajstić information content (AvgIpc) is 2.09. The Morgan fingerprint density at radius 3 is 1.39 bits per heavy atom. The highest BCUT2D eigenvalue weighted by Gasteiger charge is 2.45. The van der Waals surface area contributed by atoms with Gasteiger partial charge in [0.2, 0.25) is 0 Å². The summed E-state index contributed by atoms with van der Waals surface area (Å²) in [6.07, 6.45) is 0. The molecular formula is C6H4O10S2. The van der Waals surface area contributed by atoms with E-state index < -0.39 is 53.1 Å². The monoisotopic (exact) mass is 300 g/mol. The van der Waals surface area contributed by atoms with Gasteiger partial charge in [-0.1, -0.05) is 0 Å². The molecule has 0 spiro atoms. The molecule has 0 bridgehead atoms. The van der Waals surface area contributed by atoms with E-state index >= 15 is 0 Å². The van der Waals surface area contributed by atoms with Crippen LogP contribution in [0.1, 0.15) is 0 Å². The molecule has 0 aromatic rings. The molecule has 0 heterocycles. The van der Waals surface area contributed by atoms with E-state index in [9.17, 15) is 26.4 Å². The molecule has 0 saturated heterocycles. The van der Waals surface area contributed by atoms with Crippen molar-refractivity contribution < 1.29 is 45.7 Å². The second-order valence-corrected chi connectivity index (χ2v) is 5.68. The summed E-state index contributed by atoms with van der Waals surface area (Å²) in [6.45, 7) is 0. The molecule has 0 aromatic heterocycles. The molecule has 0 aliphatic heterocycles. The van der Waals surface area contributed by atoms with Gasteiger partial charge in [0.1, 0.15) is 0 Å². The summed E-state index contributed by atoms with van der Waals surface area (Å²) in [5.41, 5.74) is 0. The van der Waals surface area contributed by atoms with E-state index in [-0.39, 0.29) is 0 Å². The van der Waals surface area contributed by atoms with Crippen molar-refractivity contribution in [1.29, 1.82) is 0 Å². The zero-order valence-corrected chi connectivity index (χ0v) is 9.69. The van der Waals surface area contributed by atoms with Crippen LogP contribution in [0.5, 0.6) is 0 Å². The fraction of sp³-hybridized carbons (Fsp3) is 0. The van der Waals surface area contributed by atoms with Crippen molar-refractivity contribution in [3.8, 4) is 0 Å². The molecule has 10 nitrogen and oxygen atoms in total. The van der Waals surface area contributed by atoms with Gasteiger partial charge in [0.25, 0.3) is 11.6 Å². The van der Waals surface area contributed by atoms with Crippen molar-refractivity contribution in [1.82, 2.24) is 0 Å². The maximum absolute atomic E-state index is 11.1. The highest BCUT2D eigenvalue weighted by molar-refractivity contribution is 7.92. The number of hydrogen-bond donors (Lipinski definition) is 4. The highest BCUT2D eigenvalue weighted by atomic mass is 32.2. The molecule has 0 unspecified atom stereocenters. The highest BCUT2D eigenvalue weighted by Crippen LogP contribution is 2.29. The number of hydrogen-bond acceptors (Lipinski definition) is 8. The van der Waals surface area contributed by atoms with Crippen molar-refractivity contribution in [3.05, 3.63) is 21.3 Å². The van der Waals surface area contributed by atoms with Crippen LogP contribution in [0.3, 0.4) is 0 Å². The smallest absolute Gasteiger partial charge is 0.302 e. The summed E-state index contributed by atoms with van der Waals surface area (Å²) >= 11 is 0. The van der Waals surface area contributed by atoms with Gasteiger partial charge in [-0.3, -0.25) is 18.7 Å². The van der Waals surface area contributed by atoms with Crippen LogP contribution in [-0.4, -0.2) is 47.7 Å². The number of aliphatic hydroxyl groups is 2. The predicted molar refractivity (Wildman–Crippen MR) is 52.4 cm³/mol. The van der Waals surface area contributed by atoms with Gasteiger partial charge in [-0.05, 0) is 0 Å². The molecular weight excluding hydrogens is 296 g/mol. The summed E-state index contributed by atoms with van der Waals surface area (Å²) < 4.78 is 60.1. The number of rotatable bonds is 2. The van der Waals surface area contributed by atoms with E-state index in [0.717, 1.165) is 0 Å². The molecule has 1 rings (SSSR count). The van der Waals surface area contributed by atoms with Crippen molar-refractivity contribution in [2.24, 2.45) is 0 Å². The van der Waals surface area contributed by atoms with Gasteiger partial charge in [-0.15, -0.1) is 0 Å². The summed E-state index contributed by atoms with van der Waals surface area (Å²) in [6, 6.07) is 0. The van der Waals surface area contributed by atoms with Crippen molar-refractivity contribution >= 4 is 31.8 Å². The van der Waals surface area contributed by atoms with E-state index in [1.165, 1.54) is 0 Å². The van der Waals surface area contributed by atoms with Crippen LogP contribution in [0.15, 0.2) is 21.3 Å². The molecule has 12 heteroatoms. The van der Waals surface area contributed by atoms with Crippen LogP contribution in [0, 0.1) is 0 Å². The molecule has 0 atom stereocenters. The van der Waals surface area contributed by atoms with Gasteiger partial charge in [0.15, 0.2) is 21.3 Å². The minimum absolute atomic E-state index is 1.85. The minimum Gasteiger partial charge on any atom is -0.505 e. The zero-order valence-electron chi connectivity index (χ0n) is 8.05. The second-order valence-electron chi connectivity index (χ2n) is 2.96. The SMILES string of the molecule is O=C1C(=O)C(S(=O)(=O)O)=C(O)C(S(=O)(=O)O)=C1O. The van der Waals surface area contributed by atoms with Crippen LogP contribution in [0.4, 0.5) is 0 Å². The Morgan fingerprint density at radius 2 is 1.06 bits per heavy atom. The quantitative estimate of drug-likeness (QED) is 0.264. The van der Waals surface area contributed by atoms with E-state index in [2.05, 4.69) is 0 Å². The molecule has 0 amide bonds. The third kappa shape index (κ3) is 2.13. The van der Waals surface area contributed by atoms with Crippen molar-refractivity contribution in [3.63, 3.8) is 0 Å². The second kappa shape index (κ2) is 3.88. The Balaban J connectivity index is 3.89. The Bertz CT molecular complexity index is 681. The van der Waals surface area contributed by atoms with E-state index in [1.807, 2.05) is 0 Å². The number of allylic oxidation sites excluding steroid dienone is 2. The molecule has 1 aliphatic rings. The van der Waals surface area contributed by atoms with Crippen LogP contribution >= 0.6 is 0 Å². The summed E-state index contributed by atoms with van der Waals surface area (Å²) in [5, 5.41) is 18.2. The van der Waals surface area contributed by atoms with E-state index in [4.69, 9.17) is 19.3 Å². The fourth-order valence-corrected chi connectivity index (χ4v) is 2.54. The number of carbonyl (C=O) groups excluding carboxylic acids is 2. The van der Waals surface area contributed by atoms with Crippen molar-refractivity contribution in [2.45, 2.75) is 0 Å². The molecule has 0 aromatic carbocycles. The standard InChI is InChI=1S/C6H4O10S2/c7-1-2(8)5(17(11,12)13)4(10)6(3(1)9)18(14,15)16/h8,10H,(H,11,12,13)(H,14,15,16). The predicted octanol–water partition coefficient (Wildman–Crippen LogP) is -1.55. The molecule has 0 radical (unpaired) electrons. The lowest BCUT2D eigenvalue weighted by atomic mass is 10.1. The third-order valence-corrected chi connectivity index (χ3v) is 3.59. The summed E-state index contributed by atoms with van der Waals surface area (Å²) in [4.78, 5) is 18.3. The van der Waals surface area contributed by atoms with Crippen LogP contribution in [-0.2, 0) is 29.8 Å². The molecule has 1 aliphatic carbocycles.